The van der Waals surface area contributed by atoms with Crippen molar-refractivity contribution < 1.29 is 9.16 Å². The highest BCUT2D eigenvalue weighted by molar-refractivity contribution is 6.74. The highest BCUT2D eigenvalue weighted by atomic mass is 28.4. The molecule has 0 radical (unpaired) electrons. The first-order valence-corrected chi connectivity index (χ1v) is 9.82. The molecule has 106 valence electrons. The smallest absolute Gasteiger partial charge is 0.192 e. The second kappa shape index (κ2) is 4.68. The first kappa shape index (κ1) is 15.8. The van der Waals surface area contributed by atoms with Crippen LogP contribution in [0.4, 0.5) is 0 Å². The minimum Gasteiger partial charge on any atom is -0.492 e. The molecule has 3 heteroatoms. The predicted octanol–water partition coefficient (Wildman–Crippen LogP) is 4.73. The summed E-state index contributed by atoms with van der Waals surface area (Å²) in [6, 6.07) is 0. The molecule has 1 rings (SSSR count). The molecule has 18 heavy (non-hydrogen) atoms. The van der Waals surface area contributed by atoms with Gasteiger partial charge < -0.3 is 9.16 Å². The van der Waals surface area contributed by atoms with Gasteiger partial charge >= 0.3 is 0 Å². The Balaban J connectivity index is 2.86. The lowest BCUT2D eigenvalue weighted by atomic mass is 9.88. The minimum atomic E-state index is -1.72. The fraction of sp³-hybridized carbons (Fsp3) is 0.867. The summed E-state index contributed by atoms with van der Waals surface area (Å²) in [6.07, 6.45) is 1.18. The summed E-state index contributed by atoms with van der Waals surface area (Å²) in [5.74, 6) is 1.15. The van der Waals surface area contributed by atoms with Gasteiger partial charge in [0.1, 0.15) is 5.60 Å². The van der Waals surface area contributed by atoms with Crippen molar-refractivity contribution in [2.45, 2.75) is 77.8 Å². The average Bonchev–Trinajstić information content (AvgIpc) is 2.09. The molecule has 0 amide bonds. The molecule has 0 aromatic rings. The Bertz CT molecular complexity index is 326. The van der Waals surface area contributed by atoms with Crippen LogP contribution in [0.5, 0.6) is 0 Å². The van der Waals surface area contributed by atoms with Crippen LogP contribution in [0.1, 0.15) is 48.0 Å². The normalized spacial score (nSPS) is 29.0. The molecule has 0 aliphatic carbocycles. The van der Waals surface area contributed by atoms with E-state index in [1.807, 2.05) is 0 Å². The fourth-order valence-electron chi connectivity index (χ4n) is 2.06. The van der Waals surface area contributed by atoms with E-state index < -0.39 is 8.32 Å². The van der Waals surface area contributed by atoms with Crippen molar-refractivity contribution >= 4 is 8.32 Å². The highest BCUT2D eigenvalue weighted by Crippen LogP contribution is 2.42. The van der Waals surface area contributed by atoms with Crippen molar-refractivity contribution in [1.82, 2.24) is 0 Å². The molecule has 2 atom stereocenters. The number of hydrogen-bond donors (Lipinski definition) is 0. The fourth-order valence-corrected chi connectivity index (χ4v) is 3.45. The maximum atomic E-state index is 6.56. The zero-order chi connectivity index (χ0) is 14.4. The van der Waals surface area contributed by atoms with E-state index in [1.165, 1.54) is 0 Å². The average molecular weight is 270 g/mol. The van der Waals surface area contributed by atoms with Crippen LogP contribution in [0.15, 0.2) is 12.3 Å². The van der Waals surface area contributed by atoms with Crippen LogP contribution < -0.4 is 0 Å². The lowest BCUT2D eigenvalue weighted by Crippen LogP contribution is -2.50. The van der Waals surface area contributed by atoms with E-state index in [0.717, 1.165) is 12.2 Å². The Morgan fingerprint density at radius 2 is 1.83 bits per heavy atom. The molecule has 0 unspecified atom stereocenters. The van der Waals surface area contributed by atoms with Gasteiger partial charge in [-0.25, -0.2) is 0 Å². The maximum Gasteiger partial charge on any atom is 0.192 e. The second-order valence-electron chi connectivity index (χ2n) is 7.74. The van der Waals surface area contributed by atoms with Crippen molar-refractivity contribution in [3.8, 4) is 0 Å². The molecule has 1 fully saturated rings. The van der Waals surface area contributed by atoms with Gasteiger partial charge in [0.15, 0.2) is 8.32 Å². The van der Waals surface area contributed by atoms with E-state index in [0.29, 0.717) is 0 Å². The van der Waals surface area contributed by atoms with Crippen LogP contribution in [-0.4, -0.2) is 20.0 Å². The summed E-state index contributed by atoms with van der Waals surface area (Å²) in [7, 11) is -1.72. The summed E-state index contributed by atoms with van der Waals surface area (Å²) < 4.78 is 12.4. The van der Waals surface area contributed by atoms with Gasteiger partial charge in [-0.2, -0.15) is 0 Å². The van der Waals surface area contributed by atoms with Crippen LogP contribution in [0, 0.1) is 5.92 Å². The standard InChI is InChI=1S/C15H30O2Si/c1-11-12(2)16-15(6,7)10-13(11)17-18(8,9)14(3,4)5/h11,13H,2,10H2,1,3-9H3/t11-,13+/m1/s1. The Hall–Kier alpha value is -0.283. The molecule has 1 aliphatic heterocycles. The Morgan fingerprint density at radius 3 is 2.28 bits per heavy atom. The molecule has 0 aromatic carbocycles. The van der Waals surface area contributed by atoms with Gasteiger partial charge in [0.2, 0.25) is 0 Å². The Kier molecular flexibility index (Phi) is 4.10. The monoisotopic (exact) mass is 270 g/mol. The van der Waals surface area contributed by atoms with E-state index in [1.54, 1.807) is 0 Å². The Morgan fingerprint density at radius 1 is 1.33 bits per heavy atom. The highest BCUT2D eigenvalue weighted by Gasteiger charge is 2.44. The van der Waals surface area contributed by atoms with Crippen LogP contribution >= 0.6 is 0 Å². The van der Waals surface area contributed by atoms with Gasteiger partial charge in [0.05, 0.1) is 11.9 Å². The first-order chi connectivity index (χ1) is 7.86. The third-order valence-electron chi connectivity index (χ3n) is 4.42. The van der Waals surface area contributed by atoms with Crippen LogP contribution in [-0.2, 0) is 9.16 Å². The van der Waals surface area contributed by atoms with Gasteiger partial charge in [-0.05, 0) is 32.0 Å². The van der Waals surface area contributed by atoms with Gasteiger partial charge in [-0.1, -0.05) is 34.3 Å². The molecule has 0 N–H and O–H groups in total. The summed E-state index contributed by atoms with van der Waals surface area (Å²) in [6.45, 7) is 21.9. The molecule has 2 nitrogen and oxygen atoms in total. The third kappa shape index (κ3) is 3.38. The molecule has 1 heterocycles. The van der Waals surface area contributed by atoms with Gasteiger partial charge in [-0.3, -0.25) is 0 Å². The van der Waals surface area contributed by atoms with E-state index in [9.17, 15) is 0 Å². The van der Waals surface area contributed by atoms with E-state index in [4.69, 9.17) is 9.16 Å². The van der Waals surface area contributed by atoms with Crippen molar-refractivity contribution in [3.05, 3.63) is 12.3 Å². The van der Waals surface area contributed by atoms with Crippen molar-refractivity contribution in [2.75, 3.05) is 0 Å². The minimum absolute atomic E-state index is 0.156. The molecule has 0 saturated carbocycles. The quantitative estimate of drug-likeness (QED) is 0.676. The van der Waals surface area contributed by atoms with Gasteiger partial charge in [-0.15, -0.1) is 0 Å². The van der Waals surface area contributed by atoms with Crippen molar-refractivity contribution in [1.29, 1.82) is 0 Å². The Labute approximate surface area is 114 Å². The molecule has 0 aromatic heterocycles. The zero-order valence-electron chi connectivity index (χ0n) is 13.4. The zero-order valence-corrected chi connectivity index (χ0v) is 14.4. The SMILES string of the molecule is C=C1OC(C)(C)C[C@H](O[Si](C)(C)C(C)(C)C)[C@@H]1C. The largest absolute Gasteiger partial charge is 0.492 e. The summed E-state index contributed by atoms with van der Waals surface area (Å²) in [4.78, 5) is 0. The summed E-state index contributed by atoms with van der Waals surface area (Å²) in [5.41, 5.74) is -0.156. The van der Waals surface area contributed by atoms with Crippen LogP contribution in [0.2, 0.25) is 18.1 Å². The predicted molar refractivity (Wildman–Crippen MR) is 80.2 cm³/mol. The number of hydrogen-bond acceptors (Lipinski definition) is 2. The molecule has 1 aliphatic rings. The summed E-state index contributed by atoms with van der Waals surface area (Å²) in [5, 5.41) is 0.247. The van der Waals surface area contributed by atoms with E-state index in [-0.39, 0.29) is 22.7 Å². The molecular formula is C15H30O2Si. The number of ether oxygens (including phenoxy) is 1. The maximum absolute atomic E-state index is 6.56. The molecule has 0 bridgehead atoms. The summed E-state index contributed by atoms with van der Waals surface area (Å²) >= 11 is 0. The third-order valence-corrected chi connectivity index (χ3v) is 8.92. The second-order valence-corrected chi connectivity index (χ2v) is 12.5. The van der Waals surface area contributed by atoms with Crippen LogP contribution in [0.25, 0.3) is 0 Å². The van der Waals surface area contributed by atoms with Crippen molar-refractivity contribution in [2.24, 2.45) is 5.92 Å². The van der Waals surface area contributed by atoms with Gasteiger partial charge in [0.25, 0.3) is 0 Å². The molecule has 0 spiro atoms. The van der Waals surface area contributed by atoms with Crippen molar-refractivity contribution in [3.63, 3.8) is 0 Å². The van der Waals surface area contributed by atoms with E-state index >= 15 is 0 Å². The van der Waals surface area contributed by atoms with Crippen LogP contribution in [0.3, 0.4) is 0 Å². The van der Waals surface area contributed by atoms with Gasteiger partial charge in [0, 0.05) is 12.3 Å². The van der Waals surface area contributed by atoms with E-state index in [2.05, 4.69) is 61.2 Å². The molecule has 1 saturated heterocycles. The molecular weight excluding hydrogens is 240 g/mol. The lowest BCUT2D eigenvalue weighted by Gasteiger charge is -2.46. The topological polar surface area (TPSA) is 18.5 Å². The first-order valence-electron chi connectivity index (χ1n) is 6.91. The lowest BCUT2D eigenvalue weighted by molar-refractivity contribution is -0.0745. The number of rotatable bonds is 2.